The largest absolute Gasteiger partial charge is 0.377 e. The average molecular weight is 283 g/mol. The van der Waals surface area contributed by atoms with Crippen molar-refractivity contribution in [3.05, 3.63) is 48.2 Å². The summed E-state index contributed by atoms with van der Waals surface area (Å²) in [6.07, 6.45) is 7.95. The van der Waals surface area contributed by atoms with Crippen molar-refractivity contribution in [3.63, 3.8) is 0 Å². The summed E-state index contributed by atoms with van der Waals surface area (Å²) < 4.78 is 4.10. The smallest absolute Gasteiger partial charge is 0.136 e. The highest BCUT2D eigenvalue weighted by Crippen LogP contribution is 2.12. The molecule has 3 aromatic heterocycles. The van der Waals surface area contributed by atoms with Crippen LogP contribution < -0.4 is 5.32 Å². The second-order valence-corrected chi connectivity index (χ2v) is 5.88. The van der Waals surface area contributed by atoms with Crippen LogP contribution in [0.25, 0.3) is 5.65 Å². The molecule has 1 N–H and O–H groups in total. The average Bonchev–Trinajstić information content (AvgIpc) is 3.02. The molecular weight excluding hydrogens is 262 g/mol. The zero-order valence-electron chi connectivity index (χ0n) is 12.7. The summed E-state index contributed by atoms with van der Waals surface area (Å²) in [5, 5.41) is 7.77. The summed E-state index contributed by atoms with van der Waals surface area (Å²) in [4.78, 5) is 4.42. The summed E-state index contributed by atoms with van der Waals surface area (Å²) >= 11 is 0. The maximum absolute atomic E-state index is 4.42. The molecule has 5 heteroatoms. The molecule has 21 heavy (non-hydrogen) atoms. The number of nitrogens with one attached hydrogen (secondary N) is 1. The molecule has 0 aliphatic rings. The molecule has 3 aromatic rings. The third kappa shape index (κ3) is 3.07. The van der Waals surface area contributed by atoms with E-state index in [1.54, 1.807) is 0 Å². The van der Waals surface area contributed by atoms with Gasteiger partial charge in [-0.15, -0.1) is 0 Å². The Hall–Kier alpha value is -2.30. The number of hydrogen-bond acceptors (Lipinski definition) is 3. The number of rotatable bonds is 5. The standard InChI is InChI=1S/C16H21N5/c1-12(2)9-20-11-14(6-19-20)17-7-15-8-18-16-5-4-13(3)10-21(15)16/h4-6,8,10-12,17H,7,9H2,1-3H3. The monoisotopic (exact) mass is 283 g/mol. The molecule has 0 amide bonds. The van der Waals surface area contributed by atoms with Gasteiger partial charge in [-0.3, -0.25) is 4.68 Å². The lowest BCUT2D eigenvalue weighted by molar-refractivity contribution is 0.483. The van der Waals surface area contributed by atoms with Crippen molar-refractivity contribution in [3.8, 4) is 0 Å². The van der Waals surface area contributed by atoms with E-state index in [0.717, 1.165) is 30.1 Å². The van der Waals surface area contributed by atoms with Crippen LogP contribution in [0.4, 0.5) is 5.69 Å². The number of hydrogen-bond donors (Lipinski definition) is 1. The molecule has 0 atom stereocenters. The van der Waals surface area contributed by atoms with Gasteiger partial charge in [-0.1, -0.05) is 19.9 Å². The number of aromatic nitrogens is 4. The number of pyridine rings is 1. The van der Waals surface area contributed by atoms with Crippen LogP contribution in [0.3, 0.4) is 0 Å². The lowest BCUT2D eigenvalue weighted by atomic mass is 10.2. The second-order valence-electron chi connectivity index (χ2n) is 5.88. The topological polar surface area (TPSA) is 47.2 Å². The molecule has 3 heterocycles. The van der Waals surface area contributed by atoms with Crippen LogP contribution in [0.1, 0.15) is 25.1 Å². The van der Waals surface area contributed by atoms with Crippen LogP contribution in [0.15, 0.2) is 36.9 Å². The van der Waals surface area contributed by atoms with Gasteiger partial charge in [0.2, 0.25) is 0 Å². The van der Waals surface area contributed by atoms with E-state index in [-0.39, 0.29) is 0 Å². The Labute approximate surface area is 124 Å². The third-order valence-corrected chi connectivity index (χ3v) is 3.39. The van der Waals surface area contributed by atoms with Gasteiger partial charge in [-0.2, -0.15) is 5.10 Å². The Balaban J connectivity index is 1.71. The van der Waals surface area contributed by atoms with E-state index >= 15 is 0 Å². The molecule has 110 valence electrons. The van der Waals surface area contributed by atoms with E-state index in [9.17, 15) is 0 Å². The van der Waals surface area contributed by atoms with E-state index < -0.39 is 0 Å². The van der Waals surface area contributed by atoms with Crippen LogP contribution in [0, 0.1) is 12.8 Å². The minimum absolute atomic E-state index is 0.597. The molecular formula is C16H21N5. The molecule has 0 spiro atoms. The van der Waals surface area contributed by atoms with Crippen LogP contribution >= 0.6 is 0 Å². The van der Waals surface area contributed by atoms with Crippen LogP contribution in [0.2, 0.25) is 0 Å². The first-order valence-corrected chi connectivity index (χ1v) is 7.31. The van der Waals surface area contributed by atoms with Crippen LogP contribution in [0.5, 0.6) is 0 Å². The number of anilines is 1. The van der Waals surface area contributed by atoms with Crippen LogP contribution in [-0.2, 0) is 13.1 Å². The molecule has 5 nitrogen and oxygen atoms in total. The number of fused-ring (bicyclic) bond motifs is 1. The molecule has 0 unspecified atom stereocenters. The zero-order valence-corrected chi connectivity index (χ0v) is 12.7. The summed E-state index contributed by atoms with van der Waals surface area (Å²) in [6.45, 7) is 8.14. The van der Waals surface area contributed by atoms with Gasteiger partial charge in [-0.25, -0.2) is 4.98 Å². The Morgan fingerprint density at radius 3 is 2.86 bits per heavy atom. The van der Waals surface area contributed by atoms with Crippen molar-refractivity contribution >= 4 is 11.3 Å². The molecule has 3 rings (SSSR count). The minimum atomic E-state index is 0.597. The SMILES string of the molecule is Cc1ccc2ncc(CNc3cnn(CC(C)C)c3)n2c1. The van der Waals surface area contributed by atoms with E-state index in [2.05, 4.69) is 59.0 Å². The Bertz CT molecular complexity index is 738. The normalized spacial score (nSPS) is 11.4. The maximum Gasteiger partial charge on any atom is 0.136 e. The van der Waals surface area contributed by atoms with Crippen molar-refractivity contribution < 1.29 is 0 Å². The van der Waals surface area contributed by atoms with Gasteiger partial charge >= 0.3 is 0 Å². The minimum Gasteiger partial charge on any atom is -0.377 e. The van der Waals surface area contributed by atoms with Gasteiger partial charge in [0.25, 0.3) is 0 Å². The zero-order chi connectivity index (χ0) is 14.8. The van der Waals surface area contributed by atoms with Gasteiger partial charge in [0.15, 0.2) is 0 Å². The highest BCUT2D eigenvalue weighted by Gasteiger charge is 2.05. The highest BCUT2D eigenvalue weighted by atomic mass is 15.3. The molecule has 0 radical (unpaired) electrons. The second kappa shape index (κ2) is 5.60. The van der Waals surface area contributed by atoms with Gasteiger partial charge in [0, 0.05) is 18.9 Å². The van der Waals surface area contributed by atoms with E-state index in [4.69, 9.17) is 0 Å². The molecule has 0 saturated heterocycles. The highest BCUT2D eigenvalue weighted by molar-refractivity contribution is 5.43. The number of aryl methyl sites for hydroxylation is 1. The number of imidazole rings is 1. The van der Waals surface area contributed by atoms with Gasteiger partial charge in [-0.05, 0) is 24.5 Å². The molecule has 0 saturated carbocycles. The van der Waals surface area contributed by atoms with E-state index in [1.165, 1.54) is 5.56 Å². The van der Waals surface area contributed by atoms with Crippen LogP contribution in [-0.4, -0.2) is 19.2 Å². The first-order valence-electron chi connectivity index (χ1n) is 7.31. The molecule has 0 aliphatic heterocycles. The summed E-state index contributed by atoms with van der Waals surface area (Å²) in [5.41, 5.74) is 4.39. The van der Waals surface area contributed by atoms with Crippen molar-refractivity contribution in [2.75, 3.05) is 5.32 Å². The van der Waals surface area contributed by atoms with Gasteiger partial charge in [0.1, 0.15) is 5.65 Å². The molecule has 0 bridgehead atoms. The predicted molar refractivity (Wildman–Crippen MR) is 84.3 cm³/mol. The van der Waals surface area contributed by atoms with Crippen molar-refractivity contribution in [1.29, 1.82) is 0 Å². The quantitative estimate of drug-likeness (QED) is 0.782. The Morgan fingerprint density at radius 2 is 2.05 bits per heavy atom. The summed E-state index contributed by atoms with van der Waals surface area (Å²) in [5.74, 6) is 0.597. The fourth-order valence-corrected chi connectivity index (χ4v) is 2.39. The lowest BCUT2D eigenvalue weighted by Crippen LogP contribution is -2.04. The lowest BCUT2D eigenvalue weighted by Gasteiger charge is -2.05. The van der Waals surface area contributed by atoms with Gasteiger partial charge < -0.3 is 9.72 Å². The molecule has 0 aromatic carbocycles. The van der Waals surface area contributed by atoms with Crippen molar-refractivity contribution in [1.82, 2.24) is 19.2 Å². The fourth-order valence-electron chi connectivity index (χ4n) is 2.39. The predicted octanol–water partition coefficient (Wildman–Crippen LogP) is 3.11. The van der Waals surface area contributed by atoms with E-state index in [0.29, 0.717) is 5.92 Å². The molecule has 0 fully saturated rings. The first kappa shape index (κ1) is 13.7. The molecule has 0 aliphatic carbocycles. The number of nitrogens with zero attached hydrogens (tertiary/aromatic N) is 4. The maximum atomic E-state index is 4.42. The Kier molecular flexibility index (Phi) is 3.64. The van der Waals surface area contributed by atoms with E-state index in [1.807, 2.05) is 23.1 Å². The first-order chi connectivity index (χ1) is 10.1. The summed E-state index contributed by atoms with van der Waals surface area (Å²) in [6, 6.07) is 4.12. The third-order valence-electron chi connectivity index (χ3n) is 3.39. The Morgan fingerprint density at radius 1 is 1.19 bits per heavy atom. The fraction of sp³-hybridized carbons (Fsp3) is 0.375. The van der Waals surface area contributed by atoms with Crippen molar-refractivity contribution in [2.24, 2.45) is 5.92 Å². The summed E-state index contributed by atoms with van der Waals surface area (Å²) in [7, 11) is 0. The van der Waals surface area contributed by atoms with Crippen molar-refractivity contribution in [2.45, 2.75) is 33.9 Å². The van der Waals surface area contributed by atoms with Gasteiger partial charge in [0.05, 0.1) is 30.3 Å².